The number of carbonyl (C=O) groups excluding carboxylic acids is 2. The van der Waals surface area contributed by atoms with Crippen molar-refractivity contribution in [1.29, 1.82) is 0 Å². The Morgan fingerprint density at radius 3 is 2.53 bits per heavy atom. The second-order valence-corrected chi connectivity index (χ2v) is 9.53. The van der Waals surface area contributed by atoms with Crippen molar-refractivity contribution >= 4 is 28.4 Å². The molecule has 7 heteroatoms. The summed E-state index contributed by atoms with van der Waals surface area (Å²) in [5.41, 5.74) is 4.76. The zero-order valence-corrected chi connectivity index (χ0v) is 21.4. The number of aromatic nitrogens is 1. The molecule has 0 radical (unpaired) electrons. The van der Waals surface area contributed by atoms with Crippen LogP contribution in [0.2, 0.25) is 0 Å². The van der Waals surface area contributed by atoms with Crippen LogP contribution in [0.4, 0.5) is 5.69 Å². The summed E-state index contributed by atoms with van der Waals surface area (Å²) in [6, 6.07) is 20.6. The topological polar surface area (TPSA) is 80.8 Å². The minimum absolute atomic E-state index is 0.0560. The molecule has 3 heterocycles. The lowest BCUT2D eigenvalue weighted by molar-refractivity contribution is -0.119. The molecular weight excluding hydrogens is 478 g/mol. The minimum Gasteiger partial charge on any atom is -0.490 e. The fraction of sp³-hybridized carbons (Fsp3) is 0.258. The van der Waals surface area contributed by atoms with Gasteiger partial charge in [0.1, 0.15) is 0 Å². The number of rotatable bonds is 6. The Hall–Kier alpha value is -4.39. The fourth-order valence-corrected chi connectivity index (χ4v) is 5.71. The number of hydrogen-bond donors (Lipinski definition) is 1. The molecule has 192 valence electrons. The Balaban J connectivity index is 1.46. The van der Waals surface area contributed by atoms with Gasteiger partial charge in [0, 0.05) is 17.5 Å². The minimum atomic E-state index is -0.609. The third-order valence-electron chi connectivity index (χ3n) is 7.33. The summed E-state index contributed by atoms with van der Waals surface area (Å²) in [6.45, 7) is 5.38. The highest BCUT2D eigenvalue weighted by molar-refractivity contribution is 6.05. The molecule has 0 saturated heterocycles. The molecule has 0 unspecified atom stereocenters. The van der Waals surface area contributed by atoms with Crippen LogP contribution in [-0.4, -0.2) is 41.5 Å². The number of fused-ring (bicyclic) bond motifs is 5. The van der Waals surface area contributed by atoms with Gasteiger partial charge in [0.05, 0.1) is 42.6 Å². The zero-order valence-electron chi connectivity index (χ0n) is 21.4. The highest BCUT2D eigenvalue weighted by atomic mass is 16.5. The number of amides is 2. The Morgan fingerprint density at radius 1 is 0.974 bits per heavy atom. The van der Waals surface area contributed by atoms with Crippen LogP contribution in [0.5, 0.6) is 11.5 Å². The van der Waals surface area contributed by atoms with Gasteiger partial charge in [0.15, 0.2) is 11.5 Å². The predicted molar refractivity (Wildman–Crippen MR) is 146 cm³/mol. The van der Waals surface area contributed by atoms with Crippen molar-refractivity contribution in [2.24, 2.45) is 0 Å². The van der Waals surface area contributed by atoms with Gasteiger partial charge in [-0.25, -0.2) is 0 Å². The van der Waals surface area contributed by atoms with Crippen molar-refractivity contribution in [3.63, 3.8) is 0 Å². The highest BCUT2D eigenvalue weighted by Gasteiger charge is 2.46. The Labute approximate surface area is 221 Å². The van der Waals surface area contributed by atoms with Crippen LogP contribution in [-0.2, 0) is 11.2 Å². The molecule has 6 rings (SSSR count). The van der Waals surface area contributed by atoms with E-state index in [0.29, 0.717) is 48.9 Å². The Morgan fingerprint density at radius 2 is 1.71 bits per heavy atom. The van der Waals surface area contributed by atoms with Gasteiger partial charge in [0.2, 0.25) is 5.91 Å². The average Bonchev–Trinajstić information content (AvgIpc) is 2.94. The van der Waals surface area contributed by atoms with E-state index in [1.807, 2.05) is 85.5 Å². The zero-order chi connectivity index (χ0) is 26.2. The number of nitrogens with one attached hydrogen (secondary N) is 1. The summed E-state index contributed by atoms with van der Waals surface area (Å²) in [5.74, 6) is 0.463. The molecular formula is C31H29N3O4. The molecule has 0 aliphatic carbocycles. The quantitative estimate of drug-likeness (QED) is 0.372. The monoisotopic (exact) mass is 507 g/mol. The first-order valence-corrected chi connectivity index (χ1v) is 13.1. The number of nitrogens with zero attached hydrogens (tertiary/aromatic N) is 2. The van der Waals surface area contributed by atoms with Crippen LogP contribution in [0, 0.1) is 0 Å². The van der Waals surface area contributed by atoms with Crippen LogP contribution < -0.4 is 14.8 Å². The van der Waals surface area contributed by atoms with Crippen LogP contribution in [0.3, 0.4) is 0 Å². The van der Waals surface area contributed by atoms with Crippen LogP contribution in [0.15, 0.2) is 72.9 Å². The molecule has 2 atom stereocenters. The second kappa shape index (κ2) is 9.82. The maximum Gasteiger partial charge on any atom is 0.254 e. The second-order valence-electron chi connectivity index (χ2n) is 9.53. The SMILES string of the molecule is CCOc1cc2c(cc1OCC)[C@H]1[C@H](C(=O)Nc3cnc4ccccc4c3)c3ccccc3C(=O)N1CC2. The van der Waals surface area contributed by atoms with Crippen molar-refractivity contribution < 1.29 is 19.1 Å². The largest absolute Gasteiger partial charge is 0.490 e. The van der Waals surface area contributed by atoms with Gasteiger partial charge in [-0.2, -0.15) is 0 Å². The van der Waals surface area contributed by atoms with E-state index in [4.69, 9.17) is 9.47 Å². The lowest BCUT2D eigenvalue weighted by atomic mass is 9.75. The van der Waals surface area contributed by atoms with E-state index in [1.165, 1.54) is 0 Å². The van der Waals surface area contributed by atoms with E-state index in [0.717, 1.165) is 27.6 Å². The summed E-state index contributed by atoms with van der Waals surface area (Å²) in [7, 11) is 0. The third-order valence-corrected chi connectivity index (χ3v) is 7.33. The number of para-hydroxylation sites is 1. The molecule has 1 aromatic heterocycles. The van der Waals surface area contributed by atoms with E-state index < -0.39 is 12.0 Å². The molecule has 2 aliphatic heterocycles. The van der Waals surface area contributed by atoms with Gasteiger partial charge in [-0.15, -0.1) is 0 Å². The molecule has 3 aromatic carbocycles. The first-order valence-electron chi connectivity index (χ1n) is 13.1. The number of anilines is 1. The third kappa shape index (κ3) is 4.04. The maximum atomic E-state index is 14.1. The molecule has 2 aliphatic rings. The fourth-order valence-electron chi connectivity index (χ4n) is 5.71. The maximum absolute atomic E-state index is 14.1. The average molecular weight is 508 g/mol. The molecule has 0 saturated carbocycles. The van der Waals surface area contributed by atoms with Crippen molar-refractivity contribution in [3.8, 4) is 11.5 Å². The van der Waals surface area contributed by atoms with E-state index in [2.05, 4.69) is 10.3 Å². The molecule has 38 heavy (non-hydrogen) atoms. The van der Waals surface area contributed by atoms with Crippen molar-refractivity contribution in [2.75, 3.05) is 25.1 Å². The number of carbonyl (C=O) groups is 2. The van der Waals surface area contributed by atoms with E-state index >= 15 is 0 Å². The molecule has 0 spiro atoms. The number of pyridine rings is 1. The van der Waals surface area contributed by atoms with Crippen LogP contribution in [0.1, 0.15) is 52.9 Å². The van der Waals surface area contributed by atoms with Crippen molar-refractivity contribution in [2.45, 2.75) is 32.2 Å². The van der Waals surface area contributed by atoms with Gasteiger partial charge in [-0.05, 0) is 67.3 Å². The predicted octanol–water partition coefficient (Wildman–Crippen LogP) is 5.51. The van der Waals surface area contributed by atoms with E-state index in [9.17, 15) is 9.59 Å². The molecule has 7 nitrogen and oxygen atoms in total. The van der Waals surface area contributed by atoms with Gasteiger partial charge in [0.25, 0.3) is 5.91 Å². The van der Waals surface area contributed by atoms with Gasteiger partial charge in [-0.3, -0.25) is 14.6 Å². The smallest absolute Gasteiger partial charge is 0.254 e. The van der Waals surface area contributed by atoms with E-state index in [-0.39, 0.29) is 11.8 Å². The lowest BCUT2D eigenvalue weighted by Gasteiger charge is -2.45. The summed E-state index contributed by atoms with van der Waals surface area (Å²) in [4.78, 5) is 34.1. The normalized spacial score (nSPS) is 17.8. The highest BCUT2D eigenvalue weighted by Crippen LogP contribution is 2.48. The van der Waals surface area contributed by atoms with Crippen molar-refractivity contribution in [3.05, 3.63) is 95.2 Å². The number of hydrogen-bond acceptors (Lipinski definition) is 5. The van der Waals surface area contributed by atoms with Crippen molar-refractivity contribution in [1.82, 2.24) is 9.88 Å². The molecule has 0 fully saturated rings. The number of ether oxygens (including phenoxy) is 2. The lowest BCUT2D eigenvalue weighted by Crippen LogP contribution is -2.49. The Kier molecular flexibility index (Phi) is 6.19. The summed E-state index contributed by atoms with van der Waals surface area (Å²) in [5, 5.41) is 4.04. The summed E-state index contributed by atoms with van der Waals surface area (Å²) < 4.78 is 11.8. The first-order chi connectivity index (χ1) is 18.6. The van der Waals surface area contributed by atoms with Gasteiger partial charge >= 0.3 is 0 Å². The Bertz CT molecular complexity index is 1550. The van der Waals surface area contributed by atoms with Gasteiger partial charge in [-0.1, -0.05) is 36.4 Å². The van der Waals surface area contributed by atoms with Gasteiger partial charge < -0.3 is 19.7 Å². The molecule has 0 bridgehead atoms. The molecule has 4 aromatic rings. The van der Waals surface area contributed by atoms with Crippen LogP contribution in [0.25, 0.3) is 10.9 Å². The molecule has 1 N–H and O–H groups in total. The summed E-state index contributed by atoms with van der Waals surface area (Å²) >= 11 is 0. The molecule has 2 amide bonds. The first kappa shape index (κ1) is 24.0. The standard InChI is InChI=1S/C31H29N3O4/c1-3-37-26-16-19-13-14-34-29(24(19)17-27(26)38-4-2)28(22-10-6-7-11-23(22)31(34)36)30(35)33-21-15-20-9-5-8-12-25(20)32-18-21/h5-12,15-18,28-29H,3-4,13-14H2,1-2H3,(H,33,35)/t28-,29+/m1/s1. The van der Waals surface area contributed by atoms with E-state index in [1.54, 1.807) is 6.20 Å². The summed E-state index contributed by atoms with van der Waals surface area (Å²) in [6.07, 6.45) is 2.35. The number of benzene rings is 3. The van der Waals surface area contributed by atoms with Crippen LogP contribution >= 0.6 is 0 Å².